The topological polar surface area (TPSA) is 155 Å². The highest BCUT2D eigenvalue weighted by Crippen LogP contribution is 2.37. The minimum atomic E-state index is -0.726. The number of ether oxygens (including phenoxy) is 2. The number of hydrogen-bond acceptors (Lipinski definition) is 8. The van der Waals surface area contributed by atoms with Crippen LogP contribution in [0, 0.1) is 6.92 Å². The number of aryl methyl sites for hydroxylation is 1. The fourth-order valence-electron chi connectivity index (χ4n) is 3.86. The van der Waals surface area contributed by atoms with Gasteiger partial charge in [0.2, 0.25) is 0 Å². The highest BCUT2D eigenvalue weighted by molar-refractivity contribution is 6.05. The lowest BCUT2D eigenvalue weighted by Crippen LogP contribution is -2.18. The average Bonchev–Trinajstić information content (AvgIpc) is 3.46. The van der Waals surface area contributed by atoms with Gasteiger partial charge in [-0.25, -0.2) is 9.97 Å². The Bertz CT molecular complexity index is 1330. The van der Waals surface area contributed by atoms with Crippen molar-refractivity contribution in [2.45, 2.75) is 19.4 Å². The van der Waals surface area contributed by atoms with Crippen LogP contribution < -0.4 is 16.2 Å². The summed E-state index contributed by atoms with van der Waals surface area (Å²) < 4.78 is 11.2. The lowest BCUT2D eigenvalue weighted by molar-refractivity contribution is 0.0996. The number of hydrogen-bond donors (Lipinski definition) is 3. The van der Waals surface area contributed by atoms with Crippen LogP contribution in [0.5, 0.6) is 6.01 Å². The molecule has 3 aromatic heterocycles. The van der Waals surface area contributed by atoms with E-state index in [4.69, 9.17) is 20.9 Å². The normalized spacial score (nSPS) is 15.8. The number of nitrogen functional groups attached to an aromatic ring is 1. The van der Waals surface area contributed by atoms with Gasteiger partial charge in [0.25, 0.3) is 5.91 Å². The number of aromatic amines is 1. The highest BCUT2D eigenvalue weighted by atomic mass is 16.6. The van der Waals surface area contributed by atoms with E-state index in [2.05, 4.69) is 25.1 Å². The van der Waals surface area contributed by atoms with Gasteiger partial charge in [-0.05, 0) is 36.2 Å². The number of pyridine rings is 1. The molecule has 0 saturated carbocycles. The van der Waals surface area contributed by atoms with E-state index in [0.717, 1.165) is 28.5 Å². The summed E-state index contributed by atoms with van der Waals surface area (Å²) >= 11 is 0. The zero-order valence-electron chi connectivity index (χ0n) is 17.3. The Balaban J connectivity index is 1.66. The summed E-state index contributed by atoms with van der Waals surface area (Å²) in [5, 5.41) is 7.97. The summed E-state index contributed by atoms with van der Waals surface area (Å²) in [6.07, 6.45) is 3.98. The molecule has 1 saturated heterocycles. The second kappa shape index (κ2) is 7.89. The number of carbonyl (C=O) groups is 1. The molecule has 1 fully saturated rings. The SMILES string of the molecule is Cc1ccc2[nH]ncc2c1-c1cc(-c2ccnc(OC3CCOC3)n2)nc(C(N)=O)c1N. The molecule has 0 bridgehead atoms. The molecule has 1 amide bonds. The smallest absolute Gasteiger partial charge is 0.317 e. The number of aromatic nitrogens is 5. The van der Waals surface area contributed by atoms with Crippen LogP contribution >= 0.6 is 0 Å². The maximum absolute atomic E-state index is 12.2. The first-order valence-electron chi connectivity index (χ1n) is 10.1. The zero-order chi connectivity index (χ0) is 22.2. The van der Waals surface area contributed by atoms with Crippen molar-refractivity contribution in [3.63, 3.8) is 0 Å². The number of nitrogens with zero attached hydrogens (tertiary/aromatic N) is 4. The molecule has 1 aliphatic rings. The first-order valence-corrected chi connectivity index (χ1v) is 10.1. The molecule has 32 heavy (non-hydrogen) atoms. The quantitative estimate of drug-likeness (QED) is 0.434. The first kappa shape index (κ1) is 19.9. The van der Waals surface area contributed by atoms with Crippen LogP contribution in [0.2, 0.25) is 0 Å². The van der Waals surface area contributed by atoms with E-state index in [1.165, 1.54) is 0 Å². The summed E-state index contributed by atoms with van der Waals surface area (Å²) in [4.78, 5) is 25.2. The minimum Gasteiger partial charge on any atom is -0.458 e. The van der Waals surface area contributed by atoms with Gasteiger partial charge >= 0.3 is 6.01 Å². The van der Waals surface area contributed by atoms with Crippen LogP contribution in [0.4, 0.5) is 5.69 Å². The van der Waals surface area contributed by atoms with Gasteiger partial charge in [0.05, 0.1) is 42.0 Å². The first-order chi connectivity index (χ1) is 15.5. The molecule has 162 valence electrons. The van der Waals surface area contributed by atoms with E-state index in [9.17, 15) is 4.79 Å². The Labute approximate surface area is 183 Å². The lowest BCUT2D eigenvalue weighted by Gasteiger charge is -2.15. The number of carbonyl (C=O) groups excluding carboxylic acids is 1. The van der Waals surface area contributed by atoms with Gasteiger partial charge in [0, 0.05) is 23.6 Å². The molecule has 1 unspecified atom stereocenters. The van der Waals surface area contributed by atoms with Crippen LogP contribution in [0.25, 0.3) is 33.4 Å². The third-order valence-corrected chi connectivity index (χ3v) is 5.45. The van der Waals surface area contributed by atoms with Gasteiger partial charge < -0.3 is 20.9 Å². The summed E-state index contributed by atoms with van der Waals surface area (Å²) in [6.45, 7) is 3.11. The summed E-state index contributed by atoms with van der Waals surface area (Å²) in [7, 11) is 0. The van der Waals surface area contributed by atoms with Crippen molar-refractivity contribution in [1.82, 2.24) is 25.1 Å². The molecule has 1 aromatic carbocycles. The summed E-state index contributed by atoms with van der Waals surface area (Å²) in [5.41, 5.74) is 16.3. The van der Waals surface area contributed by atoms with Crippen molar-refractivity contribution in [2.75, 3.05) is 18.9 Å². The van der Waals surface area contributed by atoms with Gasteiger partial charge in [-0.3, -0.25) is 9.89 Å². The van der Waals surface area contributed by atoms with Crippen LogP contribution in [0.15, 0.2) is 36.7 Å². The number of amides is 1. The number of H-pyrrole nitrogens is 1. The van der Waals surface area contributed by atoms with E-state index in [-0.39, 0.29) is 23.5 Å². The Kier molecular flexibility index (Phi) is 4.91. The lowest BCUT2D eigenvalue weighted by atomic mass is 9.94. The molecule has 10 nitrogen and oxygen atoms in total. The number of primary amides is 1. The van der Waals surface area contributed by atoms with Crippen molar-refractivity contribution in [1.29, 1.82) is 0 Å². The van der Waals surface area contributed by atoms with Gasteiger partial charge in [0.15, 0.2) is 5.69 Å². The van der Waals surface area contributed by atoms with Gasteiger partial charge in [-0.1, -0.05) is 6.07 Å². The van der Waals surface area contributed by atoms with Crippen LogP contribution in [-0.2, 0) is 4.74 Å². The van der Waals surface area contributed by atoms with E-state index >= 15 is 0 Å². The molecule has 10 heteroatoms. The fraction of sp³-hybridized carbons (Fsp3) is 0.227. The van der Waals surface area contributed by atoms with Crippen LogP contribution in [0.3, 0.4) is 0 Å². The highest BCUT2D eigenvalue weighted by Gasteiger charge is 2.22. The largest absolute Gasteiger partial charge is 0.458 e. The zero-order valence-corrected chi connectivity index (χ0v) is 17.3. The minimum absolute atomic E-state index is 0.0253. The Morgan fingerprint density at radius 3 is 2.91 bits per heavy atom. The van der Waals surface area contributed by atoms with Crippen molar-refractivity contribution in [2.24, 2.45) is 5.73 Å². The number of benzene rings is 1. The third-order valence-electron chi connectivity index (χ3n) is 5.45. The van der Waals surface area contributed by atoms with Gasteiger partial charge in [0.1, 0.15) is 6.10 Å². The van der Waals surface area contributed by atoms with Crippen molar-refractivity contribution >= 4 is 22.5 Å². The molecule has 5 N–H and O–H groups in total. The van der Waals surface area contributed by atoms with E-state index < -0.39 is 5.91 Å². The summed E-state index contributed by atoms with van der Waals surface area (Å²) in [5.74, 6) is -0.726. The Morgan fingerprint density at radius 2 is 2.12 bits per heavy atom. The van der Waals surface area contributed by atoms with Crippen molar-refractivity contribution < 1.29 is 14.3 Å². The van der Waals surface area contributed by atoms with E-state index in [1.807, 2.05) is 19.1 Å². The van der Waals surface area contributed by atoms with E-state index in [0.29, 0.717) is 30.2 Å². The average molecular weight is 431 g/mol. The standard InChI is InChI=1S/C22H21N7O3/c1-11-2-3-15-14(9-26-29-15)18(11)13-8-17(27-20(19(13)23)21(24)30)16-4-6-25-22(28-16)32-12-5-7-31-10-12/h2-4,6,8-9,12H,5,7,10,23H2,1H3,(H2,24,30)(H,26,29). The number of nitrogens with one attached hydrogen (secondary N) is 1. The van der Waals surface area contributed by atoms with E-state index in [1.54, 1.807) is 24.5 Å². The number of nitrogens with two attached hydrogens (primary N) is 2. The number of fused-ring (bicyclic) bond motifs is 1. The molecular weight excluding hydrogens is 410 g/mol. The Hall–Kier alpha value is -4.05. The van der Waals surface area contributed by atoms with Crippen LogP contribution in [0.1, 0.15) is 22.5 Å². The molecule has 4 heterocycles. The Morgan fingerprint density at radius 1 is 1.25 bits per heavy atom. The molecule has 0 spiro atoms. The molecule has 1 atom stereocenters. The van der Waals surface area contributed by atoms with Gasteiger partial charge in [-0.2, -0.15) is 10.1 Å². The van der Waals surface area contributed by atoms with Crippen LogP contribution in [-0.4, -0.2) is 50.4 Å². The summed E-state index contributed by atoms with van der Waals surface area (Å²) in [6, 6.07) is 7.60. The molecule has 1 aliphatic heterocycles. The fourth-order valence-corrected chi connectivity index (χ4v) is 3.86. The number of anilines is 1. The van der Waals surface area contributed by atoms with Crippen molar-refractivity contribution in [3.05, 3.63) is 47.9 Å². The molecule has 5 rings (SSSR count). The maximum atomic E-state index is 12.2. The molecular formula is C22H21N7O3. The molecule has 0 aliphatic carbocycles. The monoisotopic (exact) mass is 431 g/mol. The van der Waals surface area contributed by atoms with Crippen molar-refractivity contribution in [3.8, 4) is 28.5 Å². The van der Waals surface area contributed by atoms with Gasteiger partial charge in [-0.15, -0.1) is 0 Å². The maximum Gasteiger partial charge on any atom is 0.317 e. The third kappa shape index (κ3) is 3.50. The molecule has 4 aromatic rings. The second-order valence-electron chi connectivity index (χ2n) is 7.60. The molecule has 0 radical (unpaired) electrons. The number of rotatable bonds is 5. The predicted molar refractivity (Wildman–Crippen MR) is 118 cm³/mol. The predicted octanol–water partition coefficient (Wildman–Crippen LogP) is 2.24. The second-order valence-corrected chi connectivity index (χ2v) is 7.60.